The van der Waals surface area contributed by atoms with Crippen molar-refractivity contribution in [3.05, 3.63) is 0 Å². The third kappa shape index (κ3) is 2.23. The second kappa shape index (κ2) is 3.97. The van der Waals surface area contributed by atoms with Crippen LogP contribution in [0.15, 0.2) is 0 Å². The zero-order valence-corrected chi connectivity index (χ0v) is 9.38. The summed E-state index contributed by atoms with van der Waals surface area (Å²) in [5.74, 6) is 0.504. The number of nitrogens with zero attached hydrogens (tertiary/aromatic N) is 1. The zero-order chi connectivity index (χ0) is 10.1. The number of hydrogen-bond donors (Lipinski definition) is 1. The van der Waals surface area contributed by atoms with E-state index in [1.54, 1.807) is 0 Å². The standard InChI is InChI=1S/C11H23NO/c1-5-10-9(8-13)6-7-12(10)11(2,3)4/h9-10,13H,5-8H2,1-4H3. The predicted octanol–water partition coefficient (Wildman–Crippen LogP) is 1.88. The van der Waals surface area contributed by atoms with Crippen LogP contribution in [0.25, 0.3) is 0 Å². The molecule has 13 heavy (non-hydrogen) atoms. The summed E-state index contributed by atoms with van der Waals surface area (Å²) in [5.41, 5.74) is 0.255. The lowest BCUT2D eigenvalue weighted by atomic mass is 9.96. The molecule has 1 fully saturated rings. The Kier molecular flexibility index (Phi) is 3.36. The van der Waals surface area contributed by atoms with E-state index in [4.69, 9.17) is 0 Å². The smallest absolute Gasteiger partial charge is 0.0474 e. The average molecular weight is 185 g/mol. The van der Waals surface area contributed by atoms with Gasteiger partial charge in [-0.3, -0.25) is 4.90 Å². The van der Waals surface area contributed by atoms with Crippen molar-refractivity contribution < 1.29 is 5.11 Å². The highest BCUT2D eigenvalue weighted by Gasteiger charge is 2.37. The van der Waals surface area contributed by atoms with E-state index in [1.165, 1.54) is 0 Å². The normalized spacial score (nSPS) is 31.2. The van der Waals surface area contributed by atoms with Crippen LogP contribution in [0.5, 0.6) is 0 Å². The van der Waals surface area contributed by atoms with Crippen molar-refractivity contribution in [3.63, 3.8) is 0 Å². The maximum absolute atomic E-state index is 9.22. The van der Waals surface area contributed by atoms with Crippen molar-refractivity contribution in [2.24, 2.45) is 5.92 Å². The van der Waals surface area contributed by atoms with Gasteiger partial charge in [-0.15, -0.1) is 0 Å². The molecule has 0 aliphatic carbocycles. The maximum Gasteiger partial charge on any atom is 0.0474 e. The number of aliphatic hydroxyl groups excluding tert-OH is 1. The largest absolute Gasteiger partial charge is 0.396 e. The van der Waals surface area contributed by atoms with E-state index in [9.17, 15) is 5.11 Å². The van der Waals surface area contributed by atoms with E-state index in [-0.39, 0.29) is 5.54 Å². The third-order valence-electron chi connectivity index (χ3n) is 3.20. The first-order valence-electron chi connectivity index (χ1n) is 5.38. The molecule has 0 spiro atoms. The molecule has 1 aliphatic rings. The molecule has 1 saturated heterocycles. The lowest BCUT2D eigenvalue weighted by Gasteiger charge is -2.38. The van der Waals surface area contributed by atoms with Gasteiger partial charge in [0, 0.05) is 18.2 Å². The van der Waals surface area contributed by atoms with Crippen LogP contribution in [-0.2, 0) is 0 Å². The van der Waals surface area contributed by atoms with Gasteiger partial charge in [0.25, 0.3) is 0 Å². The quantitative estimate of drug-likeness (QED) is 0.710. The van der Waals surface area contributed by atoms with E-state index in [1.807, 2.05) is 0 Å². The van der Waals surface area contributed by atoms with Crippen LogP contribution in [0.1, 0.15) is 40.5 Å². The molecule has 0 bridgehead atoms. The molecule has 0 aromatic carbocycles. The van der Waals surface area contributed by atoms with Crippen molar-refractivity contribution in [1.29, 1.82) is 0 Å². The highest BCUT2D eigenvalue weighted by molar-refractivity contribution is 4.92. The minimum absolute atomic E-state index is 0.255. The Morgan fingerprint density at radius 2 is 2.00 bits per heavy atom. The van der Waals surface area contributed by atoms with Gasteiger partial charge in [-0.2, -0.15) is 0 Å². The van der Waals surface area contributed by atoms with Crippen molar-refractivity contribution in [1.82, 2.24) is 4.90 Å². The Hall–Kier alpha value is -0.0800. The van der Waals surface area contributed by atoms with Gasteiger partial charge in [0.1, 0.15) is 0 Å². The average Bonchev–Trinajstić information content (AvgIpc) is 2.45. The van der Waals surface area contributed by atoms with E-state index < -0.39 is 0 Å². The van der Waals surface area contributed by atoms with Gasteiger partial charge < -0.3 is 5.11 Å². The first-order chi connectivity index (χ1) is 6.00. The second-order valence-electron chi connectivity index (χ2n) is 5.07. The zero-order valence-electron chi connectivity index (χ0n) is 9.38. The lowest BCUT2D eigenvalue weighted by molar-refractivity contribution is 0.0887. The lowest BCUT2D eigenvalue weighted by Crippen LogP contribution is -2.46. The van der Waals surface area contributed by atoms with Gasteiger partial charge in [-0.1, -0.05) is 6.92 Å². The van der Waals surface area contributed by atoms with E-state index in [0.29, 0.717) is 18.6 Å². The molecule has 1 aliphatic heterocycles. The van der Waals surface area contributed by atoms with Gasteiger partial charge in [-0.05, 0) is 46.1 Å². The summed E-state index contributed by atoms with van der Waals surface area (Å²) in [6.45, 7) is 10.5. The van der Waals surface area contributed by atoms with Crippen LogP contribution in [0.4, 0.5) is 0 Å². The Bertz CT molecular complexity index is 162. The number of hydrogen-bond acceptors (Lipinski definition) is 2. The topological polar surface area (TPSA) is 23.5 Å². The van der Waals surface area contributed by atoms with Gasteiger partial charge in [-0.25, -0.2) is 0 Å². The molecule has 0 amide bonds. The summed E-state index contributed by atoms with van der Waals surface area (Å²) in [4.78, 5) is 2.54. The Morgan fingerprint density at radius 3 is 2.38 bits per heavy atom. The Balaban J connectivity index is 2.68. The molecular weight excluding hydrogens is 162 g/mol. The fourth-order valence-corrected chi connectivity index (χ4v) is 2.52. The van der Waals surface area contributed by atoms with Crippen molar-refractivity contribution in [2.75, 3.05) is 13.2 Å². The second-order valence-corrected chi connectivity index (χ2v) is 5.07. The molecule has 78 valence electrons. The highest BCUT2D eigenvalue weighted by atomic mass is 16.3. The van der Waals surface area contributed by atoms with E-state index in [0.717, 1.165) is 19.4 Å². The molecular formula is C11H23NO. The summed E-state index contributed by atoms with van der Waals surface area (Å²) < 4.78 is 0. The van der Waals surface area contributed by atoms with E-state index >= 15 is 0 Å². The van der Waals surface area contributed by atoms with Crippen LogP contribution in [0.3, 0.4) is 0 Å². The molecule has 0 radical (unpaired) electrons. The molecule has 2 heteroatoms. The van der Waals surface area contributed by atoms with E-state index in [2.05, 4.69) is 32.6 Å². The summed E-state index contributed by atoms with van der Waals surface area (Å²) >= 11 is 0. The summed E-state index contributed by atoms with van der Waals surface area (Å²) in [6.07, 6.45) is 2.31. The Labute approximate surface area is 81.9 Å². The highest BCUT2D eigenvalue weighted by Crippen LogP contribution is 2.32. The summed E-state index contributed by atoms with van der Waals surface area (Å²) in [7, 11) is 0. The SMILES string of the molecule is CCC1C(CO)CCN1C(C)(C)C. The summed E-state index contributed by atoms with van der Waals surface area (Å²) in [5, 5.41) is 9.22. The van der Waals surface area contributed by atoms with Crippen LogP contribution in [0.2, 0.25) is 0 Å². The molecule has 2 unspecified atom stereocenters. The van der Waals surface area contributed by atoms with Crippen LogP contribution in [-0.4, -0.2) is 34.7 Å². The number of aliphatic hydroxyl groups is 1. The van der Waals surface area contributed by atoms with Gasteiger partial charge >= 0.3 is 0 Å². The predicted molar refractivity (Wildman–Crippen MR) is 55.7 cm³/mol. The van der Waals surface area contributed by atoms with Crippen LogP contribution < -0.4 is 0 Å². The fourth-order valence-electron chi connectivity index (χ4n) is 2.52. The summed E-state index contributed by atoms with van der Waals surface area (Å²) in [6, 6.07) is 0.588. The first kappa shape index (κ1) is 11.0. The molecule has 2 atom stereocenters. The monoisotopic (exact) mass is 185 g/mol. The molecule has 0 aromatic rings. The third-order valence-corrected chi connectivity index (χ3v) is 3.20. The van der Waals surface area contributed by atoms with Gasteiger partial charge in [0.2, 0.25) is 0 Å². The van der Waals surface area contributed by atoms with Crippen LogP contribution >= 0.6 is 0 Å². The minimum Gasteiger partial charge on any atom is -0.396 e. The minimum atomic E-state index is 0.255. The first-order valence-corrected chi connectivity index (χ1v) is 5.38. The Morgan fingerprint density at radius 1 is 1.38 bits per heavy atom. The molecule has 1 N–H and O–H groups in total. The molecule has 1 heterocycles. The van der Waals surface area contributed by atoms with Crippen molar-refractivity contribution >= 4 is 0 Å². The van der Waals surface area contributed by atoms with Crippen LogP contribution in [0, 0.1) is 5.92 Å². The number of rotatable bonds is 2. The fraction of sp³-hybridized carbons (Fsp3) is 1.00. The van der Waals surface area contributed by atoms with Gasteiger partial charge in [0.05, 0.1) is 0 Å². The molecule has 0 saturated carbocycles. The van der Waals surface area contributed by atoms with Gasteiger partial charge in [0.15, 0.2) is 0 Å². The van der Waals surface area contributed by atoms with Crippen molar-refractivity contribution in [3.8, 4) is 0 Å². The van der Waals surface area contributed by atoms with Crippen molar-refractivity contribution in [2.45, 2.75) is 52.1 Å². The molecule has 2 nitrogen and oxygen atoms in total. The maximum atomic E-state index is 9.22. The number of likely N-dealkylation sites (tertiary alicyclic amines) is 1. The molecule has 0 aromatic heterocycles. The molecule has 1 rings (SSSR count).